The summed E-state index contributed by atoms with van der Waals surface area (Å²) in [6.45, 7) is 3.31. The molecule has 0 aliphatic carbocycles. The zero-order chi connectivity index (χ0) is 4.83. The molecule has 0 fully saturated rings. The van der Waals surface area contributed by atoms with E-state index in [4.69, 9.17) is 0 Å². The summed E-state index contributed by atoms with van der Waals surface area (Å²) in [5, 5.41) is 0. The summed E-state index contributed by atoms with van der Waals surface area (Å²) in [7, 11) is 0. The van der Waals surface area contributed by atoms with Crippen molar-refractivity contribution in [2.45, 2.75) is 26.2 Å². The number of rotatable bonds is 3. The molecule has 0 rings (SSSR count). The molecule has 2 heteroatoms. The summed E-state index contributed by atoms with van der Waals surface area (Å²) in [5.74, 6) is 0. The lowest BCUT2D eigenvalue weighted by Gasteiger charge is -1.84. The highest BCUT2D eigenvalue weighted by molar-refractivity contribution is 4.29. The highest BCUT2D eigenvalue weighted by atomic mass is 127. The first kappa shape index (κ1) is 10.6. The first-order valence-electron chi connectivity index (χ1n) is 2.71. The second-order valence-corrected chi connectivity index (χ2v) is 1.56. The molecule has 1 nitrogen and oxygen atoms in total. The minimum absolute atomic E-state index is 0. The average molecular weight is 215 g/mol. The standard InChI is InChI=1S/C5H13N.HI/c1-2-3-4-5-6;/h2-6H2,1H3;1H. The van der Waals surface area contributed by atoms with E-state index in [1.807, 2.05) is 0 Å². The highest BCUT2D eigenvalue weighted by Gasteiger charge is 1.77. The molecule has 3 N–H and O–H groups in total. The van der Waals surface area contributed by atoms with Crippen LogP contribution in [-0.4, -0.2) is 6.54 Å². The summed E-state index contributed by atoms with van der Waals surface area (Å²) in [6.07, 6.45) is 3.97. The lowest BCUT2D eigenvalue weighted by Crippen LogP contribution is -3.00. The molecule has 0 aromatic rings. The maximum atomic E-state index is 3.72. The van der Waals surface area contributed by atoms with Crippen molar-refractivity contribution in [2.75, 3.05) is 6.54 Å². The summed E-state index contributed by atoms with van der Waals surface area (Å²) < 4.78 is 0. The quantitative estimate of drug-likeness (QED) is 0.395. The molecule has 0 bridgehead atoms. The molecule has 0 aliphatic rings. The van der Waals surface area contributed by atoms with Crippen LogP contribution in [0.15, 0.2) is 0 Å². The largest absolute Gasteiger partial charge is 1.00 e. The van der Waals surface area contributed by atoms with Crippen molar-refractivity contribution in [1.29, 1.82) is 0 Å². The molecule has 0 heterocycles. The van der Waals surface area contributed by atoms with Gasteiger partial charge in [0.2, 0.25) is 0 Å². The Morgan fingerprint density at radius 1 is 1.29 bits per heavy atom. The molecule has 46 valence electrons. The van der Waals surface area contributed by atoms with E-state index in [2.05, 4.69) is 12.7 Å². The highest BCUT2D eigenvalue weighted by Crippen LogP contribution is 1.87. The number of halogens is 1. The van der Waals surface area contributed by atoms with Crippen molar-refractivity contribution in [3.05, 3.63) is 0 Å². The first-order chi connectivity index (χ1) is 2.91. The molecule has 7 heavy (non-hydrogen) atoms. The van der Waals surface area contributed by atoms with Gasteiger partial charge in [0, 0.05) is 0 Å². The van der Waals surface area contributed by atoms with Crippen LogP contribution in [0, 0.1) is 0 Å². The number of hydrogen-bond donors (Lipinski definition) is 1. The second-order valence-electron chi connectivity index (χ2n) is 1.56. The van der Waals surface area contributed by atoms with Gasteiger partial charge in [-0.2, -0.15) is 0 Å². The molecule has 0 amide bonds. The Labute approximate surface area is 62.7 Å². The summed E-state index contributed by atoms with van der Waals surface area (Å²) in [6, 6.07) is 0. The fraction of sp³-hybridized carbons (Fsp3) is 1.00. The Balaban J connectivity index is 0. The van der Waals surface area contributed by atoms with Gasteiger partial charge < -0.3 is 29.7 Å². The molecule has 0 aromatic carbocycles. The number of unbranched alkanes of at least 4 members (excludes halogenated alkanes) is 2. The van der Waals surface area contributed by atoms with E-state index in [1.165, 1.54) is 19.3 Å². The van der Waals surface area contributed by atoms with Crippen molar-refractivity contribution < 1.29 is 29.7 Å². The second kappa shape index (κ2) is 9.85. The van der Waals surface area contributed by atoms with Gasteiger partial charge in [0.05, 0.1) is 6.54 Å². The molecule has 0 saturated heterocycles. The maximum absolute atomic E-state index is 3.72. The van der Waals surface area contributed by atoms with Crippen LogP contribution in [0.3, 0.4) is 0 Å². The van der Waals surface area contributed by atoms with Gasteiger partial charge in [-0.05, 0) is 12.8 Å². The molecule has 0 saturated carbocycles. The normalized spacial score (nSPS) is 7.71. The molecular weight excluding hydrogens is 201 g/mol. The maximum Gasteiger partial charge on any atom is 0.0739 e. The van der Waals surface area contributed by atoms with Crippen LogP contribution in [0.25, 0.3) is 0 Å². The van der Waals surface area contributed by atoms with Gasteiger partial charge >= 0.3 is 0 Å². The molecule has 0 atom stereocenters. The Morgan fingerprint density at radius 3 is 2.00 bits per heavy atom. The van der Waals surface area contributed by atoms with E-state index < -0.39 is 0 Å². The molecule has 0 aliphatic heterocycles. The van der Waals surface area contributed by atoms with E-state index in [9.17, 15) is 0 Å². The lowest BCUT2D eigenvalue weighted by atomic mass is 10.3. The van der Waals surface area contributed by atoms with Crippen LogP contribution >= 0.6 is 0 Å². The molecule has 0 spiro atoms. The van der Waals surface area contributed by atoms with E-state index in [0.29, 0.717) is 0 Å². The zero-order valence-electron chi connectivity index (χ0n) is 4.91. The van der Waals surface area contributed by atoms with Gasteiger partial charge in [0.25, 0.3) is 0 Å². The first-order valence-corrected chi connectivity index (χ1v) is 2.71. The van der Waals surface area contributed by atoms with Crippen LogP contribution < -0.4 is 29.7 Å². The lowest BCUT2D eigenvalue weighted by molar-refractivity contribution is -0.368. The average Bonchev–Trinajstić information content (AvgIpc) is 1.61. The third kappa shape index (κ3) is 10.8. The predicted molar refractivity (Wildman–Crippen MR) is 27.3 cm³/mol. The Morgan fingerprint density at radius 2 is 1.86 bits per heavy atom. The Hall–Kier alpha value is 0.690. The minimum atomic E-state index is 0. The molecule has 0 aromatic heterocycles. The van der Waals surface area contributed by atoms with Gasteiger partial charge in [0.1, 0.15) is 0 Å². The van der Waals surface area contributed by atoms with Crippen molar-refractivity contribution in [2.24, 2.45) is 0 Å². The summed E-state index contributed by atoms with van der Waals surface area (Å²) >= 11 is 0. The Kier molecular flexibility index (Phi) is 15.0. The molecular formula is C5H14IN. The van der Waals surface area contributed by atoms with Crippen LogP contribution in [-0.2, 0) is 0 Å². The van der Waals surface area contributed by atoms with Crippen LogP contribution in [0.2, 0.25) is 0 Å². The van der Waals surface area contributed by atoms with E-state index >= 15 is 0 Å². The molecule has 0 unspecified atom stereocenters. The van der Waals surface area contributed by atoms with Crippen molar-refractivity contribution in [3.8, 4) is 0 Å². The van der Waals surface area contributed by atoms with Gasteiger partial charge in [-0.15, -0.1) is 0 Å². The zero-order valence-corrected chi connectivity index (χ0v) is 7.07. The van der Waals surface area contributed by atoms with Crippen molar-refractivity contribution in [1.82, 2.24) is 0 Å². The third-order valence-electron chi connectivity index (χ3n) is 0.854. The minimum Gasteiger partial charge on any atom is -1.00 e. The molecule has 0 radical (unpaired) electrons. The van der Waals surface area contributed by atoms with Gasteiger partial charge in [-0.1, -0.05) is 13.3 Å². The number of hydrogen-bond acceptors (Lipinski definition) is 0. The van der Waals surface area contributed by atoms with Gasteiger partial charge in [0.15, 0.2) is 0 Å². The fourth-order valence-corrected chi connectivity index (χ4v) is 0.427. The Bertz CT molecular complexity index is 20.0. The van der Waals surface area contributed by atoms with Crippen molar-refractivity contribution in [3.63, 3.8) is 0 Å². The van der Waals surface area contributed by atoms with E-state index in [-0.39, 0.29) is 24.0 Å². The summed E-state index contributed by atoms with van der Waals surface area (Å²) in [4.78, 5) is 0. The van der Waals surface area contributed by atoms with E-state index in [0.717, 1.165) is 6.54 Å². The van der Waals surface area contributed by atoms with Crippen LogP contribution in [0.4, 0.5) is 0 Å². The topological polar surface area (TPSA) is 27.6 Å². The SMILES string of the molecule is CCCCC[NH3+].[I-]. The van der Waals surface area contributed by atoms with Gasteiger partial charge in [-0.3, -0.25) is 0 Å². The van der Waals surface area contributed by atoms with E-state index in [1.54, 1.807) is 0 Å². The van der Waals surface area contributed by atoms with Gasteiger partial charge in [-0.25, -0.2) is 0 Å². The number of quaternary nitrogens is 1. The van der Waals surface area contributed by atoms with Crippen LogP contribution in [0.5, 0.6) is 0 Å². The van der Waals surface area contributed by atoms with Crippen LogP contribution in [0.1, 0.15) is 26.2 Å². The van der Waals surface area contributed by atoms with Crippen molar-refractivity contribution >= 4 is 0 Å². The monoisotopic (exact) mass is 215 g/mol. The predicted octanol–water partition coefficient (Wildman–Crippen LogP) is -2.58. The fourth-order valence-electron chi connectivity index (χ4n) is 0.427. The smallest absolute Gasteiger partial charge is 0.0739 e. The third-order valence-corrected chi connectivity index (χ3v) is 0.854. The summed E-state index contributed by atoms with van der Waals surface area (Å²) in [5.41, 5.74) is 3.72.